The minimum absolute atomic E-state index is 0.0395. The van der Waals surface area contributed by atoms with Gasteiger partial charge in [-0.3, -0.25) is 0 Å². The van der Waals surface area contributed by atoms with Crippen molar-refractivity contribution < 1.29 is 4.52 Å². The van der Waals surface area contributed by atoms with Gasteiger partial charge >= 0.3 is 0 Å². The molecule has 3 aromatic rings. The molecule has 7 heteroatoms. The van der Waals surface area contributed by atoms with Crippen LogP contribution in [0.3, 0.4) is 0 Å². The first kappa shape index (κ1) is 11.6. The summed E-state index contributed by atoms with van der Waals surface area (Å²) in [6, 6.07) is 3.60. The molecule has 2 N–H and O–H groups in total. The SMILES string of the molecule is CC[C@@H](c1cc2nccc(N)n2n1)c1nc(C)no1. The van der Waals surface area contributed by atoms with Crippen molar-refractivity contribution in [1.82, 2.24) is 24.7 Å². The van der Waals surface area contributed by atoms with Gasteiger partial charge in [-0.2, -0.15) is 14.6 Å². The molecule has 0 radical (unpaired) electrons. The second kappa shape index (κ2) is 4.34. The summed E-state index contributed by atoms with van der Waals surface area (Å²) in [6.07, 6.45) is 2.47. The van der Waals surface area contributed by atoms with Crippen LogP contribution < -0.4 is 5.73 Å². The van der Waals surface area contributed by atoms with Crippen LogP contribution in [0, 0.1) is 6.92 Å². The highest BCUT2D eigenvalue weighted by Gasteiger charge is 2.22. The average Bonchev–Trinajstić information content (AvgIpc) is 2.98. The molecule has 0 amide bonds. The predicted octanol–water partition coefficient (Wildman–Crippen LogP) is 1.54. The van der Waals surface area contributed by atoms with Crippen molar-refractivity contribution >= 4 is 11.5 Å². The number of aryl methyl sites for hydroxylation is 1. The molecule has 0 bridgehead atoms. The molecule has 3 heterocycles. The Morgan fingerprint density at radius 1 is 1.47 bits per heavy atom. The molecule has 3 aromatic heterocycles. The van der Waals surface area contributed by atoms with Gasteiger partial charge in [0, 0.05) is 12.3 Å². The van der Waals surface area contributed by atoms with E-state index in [9.17, 15) is 0 Å². The summed E-state index contributed by atoms with van der Waals surface area (Å²) in [5.74, 6) is 1.70. The largest absolute Gasteiger partial charge is 0.384 e. The molecule has 0 aliphatic rings. The third-order valence-electron chi connectivity index (χ3n) is 3.01. The van der Waals surface area contributed by atoms with Crippen molar-refractivity contribution in [2.45, 2.75) is 26.2 Å². The third kappa shape index (κ3) is 1.92. The van der Waals surface area contributed by atoms with E-state index in [2.05, 4.69) is 20.2 Å². The molecule has 0 aliphatic heterocycles. The molecule has 3 rings (SSSR count). The summed E-state index contributed by atoms with van der Waals surface area (Å²) >= 11 is 0. The molecule has 98 valence electrons. The van der Waals surface area contributed by atoms with Crippen LogP contribution >= 0.6 is 0 Å². The standard InChI is InChI=1S/C12H14N6O/c1-3-8(12-15-7(2)17-19-12)9-6-11-14-5-4-10(13)18(11)16-9/h4-6,8H,3,13H2,1-2H3/t8-/m0/s1. The van der Waals surface area contributed by atoms with E-state index in [4.69, 9.17) is 10.3 Å². The molecule has 0 aromatic carbocycles. The first-order valence-corrected chi connectivity index (χ1v) is 6.09. The van der Waals surface area contributed by atoms with Gasteiger partial charge in [0.1, 0.15) is 5.82 Å². The van der Waals surface area contributed by atoms with E-state index >= 15 is 0 Å². The van der Waals surface area contributed by atoms with E-state index < -0.39 is 0 Å². The fourth-order valence-corrected chi connectivity index (χ4v) is 2.07. The minimum Gasteiger partial charge on any atom is -0.384 e. The van der Waals surface area contributed by atoms with Crippen molar-refractivity contribution in [3.05, 3.63) is 35.7 Å². The molecular formula is C12H14N6O. The van der Waals surface area contributed by atoms with Crippen LogP contribution in [-0.4, -0.2) is 24.7 Å². The van der Waals surface area contributed by atoms with Crippen LogP contribution in [0.25, 0.3) is 5.65 Å². The normalized spacial score (nSPS) is 12.9. The number of nitrogens with zero attached hydrogens (tertiary/aromatic N) is 5. The van der Waals surface area contributed by atoms with Gasteiger partial charge in [0.2, 0.25) is 5.89 Å². The van der Waals surface area contributed by atoms with Crippen LogP contribution in [0.5, 0.6) is 0 Å². The number of rotatable bonds is 3. The van der Waals surface area contributed by atoms with E-state index in [1.807, 2.05) is 13.0 Å². The predicted molar refractivity (Wildman–Crippen MR) is 68.6 cm³/mol. The van der Waals surface area contributed by atoms with Gasteiger partial charge in [-0.25, -0.2) is 4.98 Å². The first-order chi connectivity index (χ1) is 9.19. The smallest absolute Gasteiger partial charge is 0.235 e. The van der Waals surface area contributed by atoms with Gasteiger partial charge in [0.15, 0.2) is 11.5 Å². The van der Waals surface area contributed by atoms with Crippen molar-refractivity contribution in [2.75, 3.05) is 5.73 Å². The zero-order valence-electron chi connectivity index (χ0n) is 10.7. The quantitative estimate of drug-likeness (QED) is 0.765. The molecule has 0 spiro atoms. The van der Waals surface area contributed by atoms with E-state index in [-0.39, 0.29) is 5.92 Å². The average molecular weight is 258 g/mol. The Bertz CT molecular complexity index is 716. The molecule has 7 nitrogen and oxygen atoms in total. The molecule has 0 saturated heterocycles. The van der Waals surface area contributed by atoms with Crippen LogP contribution in [0.1, 0.15) is 36.7 Å². The number of hydrogen-bond donors (Lipinski definition) is 1. The van der Waals surface area contributed by atoms with Crippen molar-refractivity contribution in [3.8, 4) is 0 Å². The second-order valence-corrected chi connectivity index (χ2v) is 4.35. The number of nitrogens with two attached hydrogens (primary N) is 1. The summed E-state index contributed by atoms with van der Waals surface area (Å²) in [6.45, 7) is 3.84. The van der Waals surface area contributed by atoms with Gasteiger partial charge in [-0.15, -0.1) is 0 Å². The third-order valence-corrected chi connectivity index (χ3v) is 3.01. The van der Waals surface area contributed by atoms with Crippen molar-refractivity contribution in [1.29, 1.82) is 0 Å². The number of aromatic nitrogens is 5. The molecule has 19 heavy (non-hydrogen) atoms. The summed E-state index contributed by atoms with van der Waals surface area (Å²) < 4.78 is 6.85. The number of anilines is 1. The summed E-state index contributed by atoms with van der Waals surface area (Å²) in [7, 11) is 0. The lowest BCUT2D eigenvalue weighted by Crippen LogP contribution is -2.03. The molecule has 0 fully saturated rings. The lowest BCUT2D eigenvalue weighted by Gasteiger charge is -2.05. The zero-order valence-corrected chi connectivity index (χ0v) is 10.7. The zero-order chi connectivity index (χ0) is 13.4. The Morgan fingerprint density at radius 3 is 2.95 bits per heavy atom. The fourth-order valence-electron chi connectivity index (χ4n) is 2.07. The Kier molecular flexibility index (Phi) is 2.66. The maximum absolute atomic E-state index is 5.86. The van der Waals surface area contributed by atoms with Gasteiger partial charge in [-0.1, -0.05) is 12.1 Å². The highest BCUT2D eigenvalue weighted by atomic mass is 16.5. The van der Waals surface area contributed by atoms with Gasteiger partial charge in [-0.05, 0) is 19.4 Å². The second-order valence-electron chi connectivity index (χ2n) is 4.35. The van der Waals surface area contributed by atoms with Crippen molar-refractivity contribution in [3.63, 3.8) is 0 Å². The highest BCUT2D eigenvalue weighted by molar-refractivity contribution is 5.47. The van der Waals surface area contributed by atoms with E-state index in [1.165, 1.54) is 0 Å². The molecular weight excluding hydrogens is 244 g/mol. The Hall–Kier alpha value is -2.44. The van der Waals surface area contributed by atoms with Crippen LogP contribution in [0.15, 0.2) is 22.9 Å². The maximum atomic E-state index is 5.86. The fraction of sp³-hybridized carbons (Fsp3) is 0.333. The number of hydrogen-bond acceptors (Lipinski definition) is 6. The van der Waals surface area contributed by atoms with Crippen LogP contribution in [0.2, 0.25) is 0 Å². The number of nitrogen functional groups attached to an aromatic ring is 1. The van der Waals surface area contributed by atoms with Gasteiger partial charge < -0.3 is 10.3 Å². The molecule has 0 unspecified atom stereocenters. The molecule has 1 atom stereocenters. The summed E-state index contributed by atoms with van der Waals surface area (Å²) in [5.41, 5.74) is 7.41. The Labute approximate surface area is 109 Å². The minimum atomic E-state index is -0.0395. The van der Waals surface area contributed by atoms with E-state index in [1.54, 1.807) is 23.7 Å². The lowest BCUT2D eigenvalue weighted by molar-refractivity contribution is 0.358. The molecule has 0 saturated carbocycles. The Balaban J connectivity index is 2.09. The maximum Gasteiger partial charge on any atom is 0.235 e. The molecule has 0 aliphatic carbocycles. The van der Waals surface area contributed by atoms with Crippen LogP contribution in [-0.2, 0) is 0 Å². The summed E-state index contributed by atoms with van der Waals surface area (Å²) in [5, 5.41) is 8.29. The van der Waals surface area contributed by atoms with E-state index in [0.29, 0.717) is 23.2 Å². The van der Waals surface area contributed by atoms with Crippen molar-refractivity contribution in [2.24, 2.45) is 0 Å². The monoisotopic (exact) mass is 258 g/mol. The lowest BCUT2D eigenvalue weighted by atomic mass is 10.0. The number of fused-ring (bicyclic) bond motifs is 1. The Morgan fingerprint density at radius 2 is 2.32 bits per heavy atom. The summed E-state index contributed by atoms with van der Waals surface area (Å²) in [4.78, 5) is 8.50. The van der Waals surface area contributed by atoms with Gasteiger partial charge in [0.05, 0.1) is 11.6 Å². The topological polar surface area (TPSA) is 95.1 Å². The van der Waals surface area contributed by atoms with Crippen LogP contribution in [0.4, 0.5) is 5.82 Å². The highest BCUT2D eigenvalue weighted by Crippen LogP contribution is 2.26. The van der Waals surface area contributed by atoms with E-state index in [0.717, 1.165) is 12.1 Å². The van der Waals surface area contributed by atoms with Gasteiger partial charge in [0.25, 0.3) is 0 Å². The first-order valence-electron chi connectivity index (χ1n) is 6.09.